The minimum absolute atomic E-state index is 0.115. The summed E-state index contributed by atoms with van der Waals surface area (Å²) in [5.74, 6) is 0.762. The zero-order valence-electron chi connectivity index (χ0n) is 34.4. The lowest BCUT2D eigenvalue weighted by Crippen LogP contribution is -2.29. The molecule has 0 amide bonds. The molecular weight excluding hydrogens is 757 g/mol. The molecule has 13 rings (SSSR count). The fraction of sp³-hybridized carbons (Fsp3) is 0.207. The Labute approximate surface area is 362 Å². The van der Waals surface area contributed by atoms with Gasteiger partial charge in [-0.3, -0.25) is 0 Å². The van der Waals surface area contributed by atoms with Crippen LogP contribution in [0.25, 0.3) is 87.5 Å². The van der Waals surface area contributed by atoms with Gasteiger partial charge in [0.15, 0.2) is 5.82 Å². The smallest absolute Gasteiger partial charge is 0.160 e. The van der Waals surface area contributed by atoms with Crippen LogP contribution in [0.15, 0.2) is 158 Å². The zero-order chi connectivity index (χ0) is 40.1. The third-order valence-electron chi connectivity index (χ3n) is 15.1. The molecule has 294 valence electrons. The van der Waals surface area contributed by atoms with E-state index in [1.54, 1.807) is 33.6 Å². The summed E-state index contributed by atoms with van der Waals surface area (Å²) in [6.45, 7) is 0. The first-order chi connectivity index (χ1) is 30.2. The van der Waals surface area contributed by atoms with Crippen molar-refractivity contribution < 1.29 is 0 Å². The molecule has 9 aromatic rings. The molecule has 0 unspecified atom stereocenters. The van der Waals surface area contributed by atoms with Gasteiger partial charge in [0.1, 0.15) is 0 Å². The van der Waals surface area contributed by atoms with Gasteiger partial charge in [-0.15, -0.1) is 11.3 Å². The number of nitrogens with zero attached hydrogens (tertiary/aromatic N) is 2. The molecule has 2 aromatic heterocycles. The molecular formula is C58H46N2S. The lowest BCUT2D eigenvalue weighted by molar-refractivity contribution is 0.350. The summed E-state index contributed by atoms with van der Waals surface area (Å²) in [4.78, 5) is 10.3. The van der Waals surface area contributed by atoms with Crippen molar-refractivity contribution in [2.45, 2.75) is 75.0 Å². The van der Waals surface area contributed by atoms with Crippen LogP contribution in [0.3, 0.4) is 0 Å². The van der Waals surface area contributed by atoms with Crippen LogP contribution < -0.4 is 0 Å². The van der Waals surface area contributed by atoms with Crippen molar-refractivity contribution in [1.29, 1.82) is 0 Å². The molecule has 0 aliphatic heterocycles. The van der Waals surface area contributed by atoms with Crippen molar-refractivity contribution in [3.63, 3.8) is 0 Å². The summed E-state index contributed by atoms with van der Waals surface area (Å²) in [6.07, 6.45) is 13.0. The highest BCUT2D eigenvalue weighted by atomic mass is 32.1. The molecule has 3 heteroatoms. The minimum atomic E-state index is 0.115. The van der Waals surface area contributed by atoms with Crippen LogP contribution in [0, 0.1) is 0 Å². The quantitative estimate of drug-likeness (QED) is 0.177. The van der Waals surface area contributed by atoms with E-state index in [-0.39, 0.29) is 10.8 Å². The standard InChI is InChI=1S/C58H46N2S/c1-4-15-39(16-5-1)56-59-53(55-54(60-56)44-20-7-9-22-52(44)61-55)38-25-23-37(24-26-38)40-17-14-18-41(33-40)42-27-28-49-45(34-42)47-36-50-46(35-51(47)58(49)31-12-3-13-32-58)43-19-6-8-21-48(43)57(50)29-10-2-11-30-57/h1,4-9,14-28,33-36H,2-3,10-13,29-32H2. The van der Waals surface area contributed by atoms with E-state index in [9.17, 15) is 0 Å². The summed E-state index contributed by atoms with van der Waals surface area (Å²) >= 11 is 1.78. The Morgan fingerprint density at radius 3 is 1.69 bits per heavy atom. The molecule has 0 atom stereocenters. The Morgan fingerprint density at radius 1 is 0.377 bits per heavy atom. The van der Waals surface area contributed by atoms with Gasteiger partial charge in [0, 0.05) is 32.0 Å². The predicted octanol–water partition coefficient (Wildman–Crippen LogP) is 16.0. The molecule has 2 spiro atoms. The molecule has 0 saturated heterocycles. The number of aromatic nitrogens is 2. The van der Waals surface area contributed by atoms with E-state index in [1.165, 1.54) is 119 Å². The molecule has 2 saturated carbocycles. The monoisotopic (exact) mass is 802 g/mol. The van der Waals surface area contributed by atoms with E-state index in [2.05, 4.69) is 152 Å². The van der Waals surface area contributed by atoms with E-state index in [0.29, 0.717) is 0 Å². The summed E-state index contributed by atoms with van der Waals surface area (Å²) in [5.41, 5.74) is 21.8. The van der Waals surface area contributed by atoms with Crippen LogP contribution in [-0.2, 0) is 10.8 Å². The van der Waals surface area contributed by atoms with Crippen molar-refractivity contribution in [3.05, 3.63) is 180 Å². The van der Waals surface area contributed by atoms with Gasteiger partial charge in [0.05, 0.1) is 15.9 Å². The van der Waals surface area contributed by atoms with E-state index >= 15 is 0 Å². The maximum absolute atomic E-state index is 5.22. The fourth-order valence-corrected chi connectivity index (χ4v) is 13.4. The maximum atomic E-state index is 5.22. The van der Waals surface area contributed by atoms with Gasteiger partial charge in [-0.1, -0.05) is 166 Å². The topological polar surface area (TPSA) is 25.8 Å². The van der Waals surface area contributed by atoms with Gasteiger partial charge in [0.2, 0.25) is 0 Å². The second-order valence-corrected chi connectivity index (χ2v) is 19.3. The maximum Gasteiger partial charge on any atom is 0.160 e. The number of hydrogen-bond donors (Lipinski definition) is 0. The Hall–Kier alpha value is -6.16. The average molecular weight is 803 g/mol. The molecule has 7 aromatic carbocycles. The molecule has 2 heterocycles. The predicted molar refractivity (Wildman–Crippen MR) is 255 cm³/mol. The first kappa shape index (κ1) is 35.6. The van der Waals surface area contributed by atoms with E-state index < -0.39 is 0 Å². The highest BCUT2D eigenvalue weighted by molar-refractivity contribution is 7.26. The molecule has 2 fully saturated rings. The van der Waals surface area contributed by atoms with Crippen LogP contribution in [-0.4, -0.2) is 9.97 Å². The lowest BCUT2D eigenvalue weighted by atomic mass is 9.66. The second kappa shape index (κ2) is 13.7. The van der Waals surface area contributed by atoms with E-state index in [1.807, 2.05) is 6.07 Å². The summed E-state index contributed by atoms with van der Waals surface area (Å²) in [5, 5.41) is 1.18. The van der Waals surface area contributed by atoms with Gasteiger partial charge in [0.25, 0.3) is 0 Å². The molecule has 4 aliphatic rings. The van der Waals surface area contributed by atoms with Crippen LogP contribution in [0.1, 0.15) is 86.5 Å². The fourth-order valence-electron chi connectivity index (χ4n) is 12.2. The molecule has 4 aliphatic carbocycles. The zero-order valence-corrected chi connectivity index (χ0v) is 35.2. The number of fused-ring (bicyclic) bond motifs is 13. The van der Waals surface area contributed by atoms with Crippen molar-refractivity contribution in [1.82, 2.24) is 9.97 Å². The molecule has 0 bridgehead atoms. The largest absolute Gasteiger partial charge is 0.226 e. The average Bonchev–Trinajstić information content (AvgIpc) is 3.93. The highest BCUT2D eigenvalue weighted by Gasteiger charge is 2.49. The van der Waals surface area contributed by atoms with E-state index in [4.69, 9.17) is 9.97 Å². The van der Waals surface area contributed by atoms with Crippen molar-refractivity contribution in [2.75, 3.05) is 0 Å². The molecule has 0 N–H and O–H groups in total. The first-order valence-electron chi connectivity index (χ1n) is 22.6. The summed E-state index contributed by atoms with van der Waals surface area (Å²) in [7, 11) is 0. The third kappa shape index (κ3) is 5.32. The third-order valence-corrected chi connectivity index (χ3v) is 16.3. The van der Waals surface area contributed by atoms with Crippen LogP contribution in [0.2, 0.25) is 0 Å². The lowest BCUT2D eigenvalue weighted by Gasteiger charge is -2.37. The highest BCUT2D eigenvalue weighted by Crippen LogP contribution is 2.62. The Kier molecular flexibility index (Phi) is 7.98. The van der Waals surface area contributed by atoms with Gasteiger partial charge >= 0.3 is 0 Å². The molecule has 0 radical (unpaired) electrons. The van der Waals surface area contributed by atoms with Crippen molar-refractivity contribution in [3.8, 4) is 67.2 Å². The van der Waals surface area contributed by atoms with Crippen LogP contribution in [0.4, 0.5) is 0 Å². The minimum Gasteiger partial charge on any atom is -0.226 e. The number of rotatable bonds is 4. The Bertz CT molecular complexity index is 3200. The van der Waals surface area contributed by atoms with Gasteiger partial charge in [-0.25, -0.2) is 9.97 Å². The second-order valence-electron chi connectivity index (χ2n) is 18.2. The SMILES string of the molecule is c1ccc(-c2nc(-c3ccc(-c4cccc(-c5ccc6c(c5)-c5cc7c(cc5C65CCCCC5)-c5ccccc5C75CCCCC5)c4)cc3)c3sc4ccccc4c3n2)cc1. The van der Waals surface area contributed by atoms with Crippen molar-refractivity contribution >= 4 is 31.6 Å². The number of benzene rings is 7. The Morgan fingerprint density at radius 2 is 0.934 bits per heavy atom. The summed E-state index contributed by atoms with van der Waals surface area (Å²) in [6, 6.07) is 59.4. The van der Waals surface area contributed by atoms with Gasteiger partial charge in [-0.05, 0) is 123 Å². The number of thiophene rings is 1. The number of hydrogen-bond acceptors (Lipinski definition) is 3. The van der Waals surface area contributed by atoms with E-state index in [0.717, 1.165) is 32.9 Å². The Balaban J connectivity index is 0.892. The van der Waals surface area contributed by atoms with Crippen molar-refractivity contribution in [2.24, 2.45) is 0 Å². The van der Waals surface area contributed by atoms with Crippen LogP contribution in [0.5, 0.6) is 0 Å². The van der Waals surface area contributed by atoms with Crippen LogP contribution >= 0.6 is 11.3 Å². The molecule has 2 nitrogen and oxygen atoms in total. The summed E-state index contributed by atoms with van der Waals surface area (Å²) < 4.78 is 2.37. The van der Waals surface area contributed by atoms with Gasteiger partial charge in [-0.2, -0.15) is 0 Å². The normalized spacial score (nSPS) is 16.8. The first-order valence-corrected chi connectivity index (χ1v) is 23.4. The molecule has 61 heavy (non-hydrogen) atoms. The van der Waals surface area contributed by atoms with Gasteiger partial charge < -0.3 is 0 Å².